The van der Waals surface area contributed by atoms with Crippen LogP contribution in [0.4, 0.5) is 0 Å². The molecule has 34 heavy (non-hydrogen) atoms. The average Bonchev–Trinajstić information content (AvgIpc) is 3.46. The maximum absolute atomic E-state index is 13.2. The molecule has 0 unspecified atom stereocenters. The van der Waals surface area contributed by atoms with Gasteiger partial charge in [-0.05, 0) is 87.7 Å². The van der Waals surface area contributed by atoms with E-state index >= 15 is 0 Å². The summed E-state index contributed by atoms with van der Waals surface area (Å²) >= 11 is 6.14. The summed E-state index contributed by atoms with van der Waals surface area (Å²) in [4.78, 5) is 13.2. The van der Waals surface area contributed by atoms with Crippen molar-refractivity contribution >= 4 is 17.5 Å². The maximum atomic E-state index is 13.2. The number of amides is 1. The van der Waals surface area contributed by atoms with E-state index in [-0.39, 0.29) is 5.91 Å². The minimum absolute atomic E-state index is 0.0589. The normalized spacial score (nSPS) is 30.2. The van der Waals surface area contributed by atoms with E-state index in [1.54, 1.807) is 0 Å². The molecule has 1 amide bonds. The second-order valence-electron chi connectivity index (χ2n) is 11.4. The van der Waals surface area contributed by atoms with Crippen LogP contribution in [0.25, 0.3) is 11.3 Å². The molecule has 2 aromatic rings. The van der Waals surface area contributed by atoms with Crippen LogP contribution in [0.15, 0.2) is 24.3 Å². The van der Waals surface area contributed by atoms with Crippen LogP contribution in [0.2, 0.25) is 5.02 Å². The second kappa shape index (κ2) is 9.31. The lowest BCUT2D eigenvalue weighted by atomic mass is 9.54. The maximum Gasteiger partial charge on any atom is 0.272 e. The molecule has 1 aromatic carbocycles. The van der Waals surface area contributed by atoms with Gasteiger partial charge in [-0.25, -0.2) is 0 Å². The summed E-state index contributed by atoms with van der Waals surface area (Å²) < 4.78 is 2.12. The molecule has 0 atom stereocenters. The Hall–Kier alpha value is -1.85. The Bertz CT molecular complexity index is 1010. The molecular formula is C28H37ClN4O. The Kier molecular flexibility index (Phi) is 6.19. The third-order valence-electron chi connectivity index (χ3n) is 9.17. The summed E-state index contributed by atoms with van der Waals surface area (Å²) in [7, 11) is 0. The van der Waals surface area contributed by atoms with E-state index in [9.17, 15) is 4.79 Å². The molecule has 5 aliphatic rings. The van der Waals surface area contributed by atoms with Gasteiger partial charge in [-0.15, -0.1) is 0 Å². The number of benzene rings is 1. The summed E-state index contributed by atoms with van der Waals surface area (Å²) in [6, 6.07) is 8.92. The lowest BCUT2D eigenvalue weighted by Gasteiger charge is -2.54. The Morgan fingerprint density at radius 3 is 2.29 bits per heavy atom. The SMILES string of the molecule is Cc1c(C(=O)NCCNC2C3CC4CC(C3)CC2C4)nn(C2CCCC2)c1-c1ccc(Cl)cc1. The van der Waals surface area contributed by atoms with Crippen LogP contribution >= 0.6 is 11.6 Å². The molecule has 182 valence electrons. The summed E-state index contributed by atoms with van der Waals surface area (Å²) in [5, 5.41) is 12.6. The minimum atomic E-state index is -0.0589. The molecule has 0 radical (unpaired) electrons. The second-order valence-corrected chi connectivity index (χ2v) is 11.8. The fourth-order valence-electron chi connectivity index (χ4n) is 7.86. The van der Waals surface area contributed by atoms with E-state index in [4.69, 9.17) is 16.7 Å². The summed E-state index contributed by atoms with van der Waals surface area (Å²) in [6.07, 6.45) is 11.9. The largest absolute Gasteiger partial charge is 0.349 e. The molecule has 0 saturated heterocycles. The number of nitrogens with one attached hydrogen (secondary N) is 2. The number of nitrogens with zero attached hydrogens (tertiary/aromatic N) is 2. The van der Waals surface area contributed by atoms with Crippen LogP contribution < -0.4 is 10.6 Å². The van der Waals surface area contributed by atoms with Gasteiger partial charge in [0.25, 0.3) is 5.91 Å². The first-order valence-electron chi connectivity index (χ1n) is 13.4. The monoisotopic (exact) mass is 480 g/mol. The summed E-state index contributed by atoms with van der Waals surface area (Å²) in [6.45, 7) is 3.52. The van der Waals surface area contributed by atoms with E-state index in [1.165, 1.54) is 44.9 Å². The molecule has 5 aliphatic carbocycles. The van der Waals surface area contributed by atoms with Crippen molar-refractivity contribution in [2.24, 2.45) is 23.7 Å². The third-order valence-corrected chi connectivity index (χ3v) is 9.42. The Balaban J connectivity index is 1.12. The predicted molar refractivity (Wildman–Crippen MR) is 136 cm³/mol. The van der Waals surface area contributed by atoms with Crippen LogP contribution in [-0.2, 0) is 0 Å². The van der Waals surface area contributed by atoms with Crippen LogP contribution in [-0.4, -0.2) is 34.8 Å². The number of hydrogen-bond donors (Lipinski definition) is 2. The standard InChI is InChI=1S/C28H37ClN4O/c1-17-25(32-33(24-4-2-3-5-24)27(17)20-6-8-23(29)9-7-20)28(34)31-11-10-30-26-21-13-18-12-19(15-21)16-22(26)14-18/h6-9,18-19,21-22,24,26,30H,2-5,10-16H2,1H3,(H,31,34). The fourth-order valence-corrected chi connectivity index (χ4v) is 7.99. The van der Waals surface area contributed by atoms with Gasteiger partial charge < -0.3 is 10.6 Å². The minimum Gasteiger partial charge on any atom is -0.349 e. The first-order valence-corrected chi connectivity index (χ1v) is 13.8. The van der Waals surface area contributed by atoms with Crippen LogP contribution in [0.5, 0.6) is 0 Å². The molecule has 0 spiro atoms. The van der Waals surface area contributed by atoms with Gasteiger partial charge in [0.1, 0.15) is 0 Å². The van der Waals surface area contributed by atoms with Crippen LogP contribution in [0.1, 0.15) is 79.9 Å². The molecule has 0 aliphatic heterocycles. The molecule has 1 heterocycles. The quantitative estimate of drug-likeness (QED) is 0.494. The molecule has 4 bridgehead atoms. The van der Waals surface area contributed by atoms with Crippen molar-refractivity contribution in [1.82, 2.24) is 20.4 Å². The van der Waals surface area contributed by atoms with E-state index in [0.29, 0.717) is 24.3 Å². The van der Waals surface area contributed by atoms with Gasteiger partial charge in [0.15, 0.2) is 5.69 Å². The van der Waals surface area contributed by atoms with Crippen molar-refractivity contribution < 1.29 is 4.79 Å². The molecule has 1 aromatic heterocycles. The van der Waals surface area contributed by atoms with Crippen molar-refractivity contribution in [3.63, 3.8) is 0 Å². The molecular weight excluding hydrogens is 444 g/mol. The smallest absolute Gasteiger partial charge is 0.272 e. The highest BCUT2D eigenvalue weighted by molar-refractivity contribution is 6.30. The first-order chi connectivity index (χ1) is 16.6. The highest BCUT2D eigenvalue weighted by atomic mass is 35.5. The number of carbonyl (C=O) groups excluding carboxylic acids is 1. The molecule has 7 rings (SSSR count). The average molecular weight is 481 g/mol. The highest BCUT2D eigenvalue weighted by Crippen LogP contribution is 2.53. The van der Waals surface area contributed by atoms with Gasteiger partial charge in [-0.2, -0.15) is 5.10 Å². The van der Waals surface area contributed by atoms with Crippen molar-refractivity contribution in [3.8, 4) is 11.3 Å². The summed E-state index contributed by atoms with van der Waals surface area (Å²) in [5.74, 6) is 3.65. The first kappa shape index (κ1) is 22.6. The molecule has 2 N–H and O–H groups in total. The topological polar surface area (TPSA) is 59.0 Å². The van der Waals surface area contributed by atoms with Gasteiger partial charge in [-0.1, -0.05) is 36.6 Å². The lowest BCUT2D eigenvalue weighted by Crippen LogP contribution is -2.55. The summed E-state index contributed by atoms with van der Waals surface area (Å²) in [5.41, 5.74) is 3.65. The van der Waals surface area contributed by atoms with Gasteiger partial charge in [0, 0.05) is 35.3 Å². The Morgan fingerprint density at radius 2 is 1.65 bits per heavy atom. The van der Waals surface area contributed by atoms with Gasteiger partial charge >= 0.3 is 0 Å². The van der Waals surface area contributed by atoms with E-state index in [2.05, 4.69) is 15.3 Å². The zero-order valence-electron chi connectivity index (χ0n) is 20.2. The van der Waals surface area contributed by atoms with Crippen molar-refractivity contribution in [3.05, 3.63) is 40.5 Å². The number of hydrogen-bond acceptors (Lipinski definition) is 3. The fraction of sp³-hybridized carbons (Fsp3) is 0.643. The van der Waals surface area contributed by atoms with Crippen molar-refractivity contribution in [1.29, 1.82) is 0 Å². The van der Waals surface area contributed by atoms with Gasteiger partial charge in [-0.3, -0.25) is 9.48 Å². The number of carbonyl (C=O) groups is 1. The number of halogens is 1. The van der Waals surface area contributed by atoms with Crippen molar-refractivity contribution in [2.75, 3.05) is 13.1 Å². The third kappa shape index (κ3) is 4.19. The Morgan fingerprint density at radius 1 is 1.00 bits per heavy atom. The van der Waals surface area contributed by atoms with Gasteiger partial charge in [0.05, 0.1) is 11.7 Å². The molecule has 5 nitrogen and oxygen atoms in total. The number of aromatic nitrogens is 2. The van der Waals surface area contributed by atoms with Gasteiger partial charge in [0.2, 0.25) is 0 Å². The lowest BCUT2D eigenvalue weighted by molar-refractivity contribution is -0.0133. The zero-order valence-corrected chi connectivity index (χ0v) is 21.0. The zero-order chi connectivity index (χ0) is 23.2. The van der Waals surface area contributed by atoms with Crippen LogP contribution in [0.3, 0.4) is 0 Å². The number of rotatable bonds is 7. The van der Waals surface area contributed by atoms with Crippen molar-refractivity contribution in [2.45, 2.75) is 76.8 Å². The highest BCUT2D eigenvalue weighted by Gasteiger charge is 2.47. The van der Waals surface area contributed by atoms with E-state index in [0.717, 1.165) is 64.9 Å². The molecule has 6 heteroatoms. The van der Waals surface area contributed by atoms with Crippen LogP contribution in [0, 0.1) is 30.6 Å². The van der Waals surface area contributed by atoms with E-state index < -0.39 is 0 Å². The Labute approximate surface area is 208 Å². The predicted octanol–water partition coefficient (Wildman–Crippen LogP) is 5.77. The molecule has 5 saturated carbocycles. The van der Waals surface area contributed by atoms with E-state index in [1.807, 2.05) is 31.2 Å². The molecule has 5 fully saturated rings.